The van der Waals surface area contributed by atoms with Crippen molar-refractivity contribution in [3.05, 3.63) is 106 Å². The van der Waals surface area contributed by atoms with Crippen LogP contribution in [0.4, 0.5) is 0 Å². The van der Waals surface area contributed by atoms with E-state index >= 15 is 0 Å². The van der Waals surface area contributed by atoms with Gasteiger partial charge in [0.05, 0.1) is 16.0 Å². The predicted octanol–water partition coefficient (Wildman–Crippen LogP) is 4.59. The minimum atomic E-state index is -0.554. The molecule has 0 heterocycles. The topological polar surface area (TPSA) is 58.2 Å². The van der Waals surface area contributed by atoms with Crippen molar-refractivity contribution in [2.24, 2.45) is 0 Å². The van der Waals surface area contributed by atoms with Crippen LogP contribution in [0.25, 0.3) is 0 Å². The molecule has 27 heavy (non-hydrogen) atoms. The third kappa shape index (κ3) is 4.67. The third-order valence-electron chi connectivity index (χ3n) is 4.01. The van der Waals surface area contributed by atoms with Gasteiger partial charge in [0, 0.05) is 5.56 Å². The summed E-state index contributed by atoms with van der Waals surface area (Å²) in [6.45, 7) is 0. The number of benzene rings is 3. The molecule has 0 spiro atoms. The van der Waals surface area contributed by atoms with Crippen molar-refractivity contribution in [2.75, 3.05) is 0 Å². The third-order valence-corrected chi connectivity index (χ3v) is 4.75. The summed E-state index contributed by atoms with van der Waals surface area (Å²) in [5.41, 5.74) is 6.86. The fourth-order valence-corrected chi connectivity index (χ4v) is 2.98. The SMILES string of the molecule is O=C(NNC(=O)C(c1ccccc1)c1ccccc1)c1ccc(Cl)c(Cl)c1. The van der Waals surface area contributed by atoms with Gasteiger partial charge in [-0.15, -0.1) is 0 Å². The number of halogens is 2. The van der Waals surface area contributed by atoms with E-state index in [9.17, 15) is 9.59 Å². The number of carbonyl (C=O) groups excluding carboxylic acids is 2. The summed E-state index contributed by atoms with van der Waals surface area (Å²) in [5.74, 6) is -1.39. The summed E-state index contributed by atoms with van der Waals surface area (Å²) in [5, 5.41) is 0.618. The lowest BCUT2D eigenvalue weighted by Gasteiger charge is -2.18. The fraction of sp³-hybridized carbons (Fsp3) is 0.0476. The van der Waals surface area contributed by atoms with Crippen molar-refractivity contribution >= 4 is 35.0 Å². The van der Waals surface area contributed by atoms with E-state index < -0.39 is 11.8 Å². The molecule has 0 saturated carbocycles. The standard InChI is InChI=1S/C21H16Cl2N2O2/c22-17-12-11-16(13-18(17)23)20(26)24-25-21(27)19(14-7-3-1-4-8-14)15-9-5-2-6-10-15/h1-13,19H,(H,24,26)(H,25,27). The van der Waals surface area contributed by atoms with Crippen LogP contribution in [0.3, 0.4) is 0 Å². The van der Waals surface area contributed by atoms with E-state index in [1.807, 2.05) is 60.7 Å². The highest BCUT2D eigenvalue weighted by atomic mass is 35.5. The van der Waals surface area contributed by atoms with Crippen LogP contribution in [-0.4, -0.2) is 11.8 Å². The Morgan fingerprint density at radius 1 is 0.704 bits per heavy atom. The maximum atomic E-state index is 12.8. The van der Waals surface area contributed by atoms with E-state index in [0.29, 0.717) is 10.6 Å². The highest BCUT2D eigenvalue weighted by molar-refractivity contribution is 6.42. The molecule has 0 bridgehead atoms. The van der Waals surface area contributed by atoms with Gasteiger partial charge in [0.2, 0.25) is 5.91 Å². The summed E-state index contributed by atoms with van der Waals surface area (Å²) in [4.78, 5) is 25.1. The maximum Gasteiger partial charge on any atom is 0.269 e. The van der Waals surface area contributed by atoms with Crippen molar-refractivity contribution < 1.29 is 9.59 Å². The van der Waals surface area contributed by atoms with E-state index in [-0.39, 0.29) is 10.9 Å². The molecule has 0 saturated heterocycles. The van der Waals surface area contributed by atoms with Gasteiger partial charge in [-0.05, 0) is 29.3 Å². The summed E-state index contributed by atoms with van der Waals surface area (Å²) >= 11 is 11.8. The molecule has 136 valence electrons. The lowest BCUT2D eigenvalue weighted by atomic mass is 9.91. The van der Waals surface area contributed by atoms with Crippen LogP contribution in [-0.2, 0) is 4.79 Å². The largest absolute Gasteiger partial charge is 0.272 e. The molecule has 0 aliphatic rings. The highest BCUT2D eigenvalue weighted by Gasteiger charge is 2.23. The first-order chi connectivity index (χ1) is 13.1. The first kappa shape index (κ1) is 19.0. The molecule has 0 aromatic heterocycles. The second-order valence-electron chi connectivity index (χ2n) is 5.83. The van der Waals surface area contributed by atoms with Gasteiger partial charge >= 0.3 is 0 Å². The molecule has 0 unspecified atom stereocenters. The monoisotopic (exact) mass is 398 g/mol. The summed E-state index contributed by atoms with van der Waals surface area (Å²) in [6, 6.07) is 23.2. The number of amides is 2. The van der Waals surface area contributed by atoms with Crippen LogP contribution in [0.15, 0.2) is 78.9 Å². The Kier molecular flexibility index (Phi) is 6.12. The fourth-order valence-electron chi connectivity index (χ4n) is 2.69. The smallest absolute Gasteiger partial charge is 0.269 e. The number of rotatable bonds is 4. The Hall–Kier alpha value is -2.82. The van der Waals surface area contributed by atoms with Crippen LogP contribution in [0.5, 0.6) is 0 Å². The van der Waals surface area contributed by atoms with Gasteiger partial charge in [0.15, 0.2) is 0 Å². The van der Waals surface area contributed by atoms with Crippen molar-refractivity contribution in [3.8, 4) is 0 Å². The lowest BCUT2D eigenvalue weighted by Crippen LogP contribution is -2.44. The average molecular weight is 399 g/mol. The van der Waals surface area contributed by atoms with E-state index in [0.717, 1.165) is 11.1 Å². The first-order valence-corrected chi connectivity index (χ1v) is 8.97. The van der Waals surface area contributed by atoms with Crippen LogP contribution >= 0.6 is 23.2 Å². The first-order valence-electron chi connectivity index (χ1n) is 8.21. The van der Waals surface area contributed by atoms with E-state index in [2.05, 4.69) is 10.9 Å². The zero-order valence-electron chi connectivity index (χ0n) is 14.2. The molecule has 0 aliphatic carbocycles. The minimum absolute atomic E-state index is 0.266. The quantitative estimate of drug-likeness (QED) is 0.631. The molecule has 3 aromatic carbocycles. The second-order valence-corrected chi connectivity index (χ2v) is 6.64. The lowest BCUT2D eigenvalue weighted by molar-refractivity contribution is -0.122. The molecule has 3 rings (SSSR count). The van der Waals surface area contributed by atoms with E-state index in [4.69, 9.17) is 23.2 Å². The van der Waals surface area contributed by atoms with Gasteiger partial charge in [0.1, 0.15) is 0 Å². The van der Waals surface area contributed by atoms with Crippen molar-refractivity contribution in [1.29, 1.82) is 0 Å². The Balaban J connectivity index is 1.77. The Bertz CT molecular complexity index is 907. The minimum Gasteiger partial charge on any atom is -0.272 e. The van der Waals surface area contributed by atoms with Crippen LogP contribution in [0, 0.1) is 0 Å². The molecule has 3 aromatic rings. The maximum absolute atomic E-state index is 12.8. The number of carbonyl (C=O) groups is 2. The van der Waals surface area contributed by atoms with Gasteiger partial charge in [-0.25, -0.2) is 0 Å². The zero-order chi connectivity index (χ0) is 19.2. The number of hydrazine groups is 1. The van der Waals surface area contributed by atoms with Crippen molar-refractivity contribution in [2.45, 2.75) is 5.92 Å². The average Bonchev–Trinajstić information content (AvgIpc) is 2.70. The van der Waals surface area contributed by atoms with Gasteiger partial charge < -0.3 is 0 Å². The molecule has 2 N–H and O–H groups in total. The molecule has 0 atom stereocenters. The molecule has 2 amide bonds. The zero-order valence-corrected chi connectivity index (χ0v) is 15.7. The Labute approximate surface area is 167 Å². The molecule has 0 aliphatic heterocycles. The van der Waals surface area contributed by atoms with E-state index in [1.165, 1.54) is 18.2 Å². The summed E-state index contributed by atoms with van der Waals surface area (Å²) in [6.07, 6.45) is 0. The predicted molar refractivity (Wildman–Crippen MR) is 107 cm³/mol. The summed E-state index contributed by atoms with van der Waals surface area (Å²) < 4.78 is 0. The molecule has 0 fully saturated rings. The second kappa shape index (κ2) is 8.71. The Morgan fingerprint density at radius 2 is 1.26 bits per heavy atom. The van der Waals surface area contributed by atoms with Gasteiger partial charge in [-0.1, -0.05) is 83.9 Å². The van der Waals surface area contributed by atoms with E-state index in [1.54, 1.807) is 0 Å². The van der Waals surface area contributed by atoms with Gasteiger partial charge in [-0.3, -0.25) is 20.4 Å². The number of hydrogen-bond donors (Lipinski definition) is 2. The number of nitrogens with one attached hydrogen (secondary N) is 2. The Morgan fingerprint density at radius 3 is 1.78 bits per heavy atom. The highest BCUT2D eigenvalue weighted by Crippen LogP contribution is 2.25. The van der Waals surface area contributed by atoms with Crippen LogP contribution in [0.1, 0.15) is 27.4 Å². The molecular weight excluding hydrogens is 383 g/mol. The molecule has 6 heteroatoms. The van der Waals surface area contributed by atoms with Gasteiger partial charge in [0.25, 0.3) is 5.91 Å². The van der Waals surface area contributed by atoms with Gasteiger partial charge in [-0.2, -0.15) is 0 Å². The molecular formula is C21H16Cl2N2O2. The van der Waals surface area contributed by atoms with Crippen LogP contribution in [0.2, 0.25) is 10.0 Å². The molecule has 4 nitrogen and oxygen atoms in total. The van der Waals surface area contributed by atoms with Crippen LogP contribution < -0.4 is 10.9 Å². The number of hydrogen-bond acceptors (Lipinski definition) is 2. The normalized spacial score (nSPS) is 10.5. The molecule has 0 radical (unpaired) electrons. The van der Waals surface area contributed by atoms with Crippen molar-refractivity contribution in [3.63, 3.8) is 0 Å². The summed E-state index contributed by atoms with van der Waals surface area (Å²) in [7, 11) is 0. The van der Waals surface area contributed by atoms with Crippen molar-refractivity contribution in [1.82, 2.24) is 10.9 Å².